The highest BCUT2D eigenvalue weighted by atomic mass is 16.7. The summed E-state index contributed by atoms with van der Waals surface area (Å²) in [6, 6.07) is 0. The van der Waals surface area contributed by atoms with E-state index in [2.05, 4.69) is 13.5 Å². The Morgan fingerprint density at radius 1 is 1.12 bits per heavy atom. The molecule has 26 heavy (non-hydrogen) atoms. The fraction of sp³-hybridized carbons (Fsp3) is 0.810. The number of fused-ring (bicyclic) bond motifs is 5. The molecular formula is C21H32O5. The van der Waals surface area contributed by atoms with Crippen LogP contribution in [0.15, 0.2) is 12.2 Å². The van der Waals surface area contributed by atoms with Crippen molar-refractivity contribution in [1.82, 2.24) is 0 Å². The molecule has 0 aromatic heterocycles. The number of unbranched alkanes of at least 4 members (excludes halogenated alkanes) is 1. The second-order valence-corrected chi connectivity index (χ2v) is 8.34. The van der Waals surface area contributed by atoms with Gasteiger partial charge in [-0.2, -0.15) is 0 Å². The van der Waals surface area contributed by atoms with Gasteiger partial charge >= 0.3 is 11.9 Å². The van der Waals surface area contributed by atoms with E-state index in [1.54, 1.807) is 13.8 Å². The van der Waals surface area contributed by atoms with Gasteiger partial charge in [-0.1, -0.05) is 19.9 Å². The van der Waals surface area contributed by atoms with E-state index in [4.69, 9.17) is 14.2 Å². The molecule has 3 rings (SSSR count). The Hall–Kier alpha value is -1.36. The summed E-state index contributed by atoms with van der Waals surface area (Å²) in [4.78, 5) is 24.4. The molecule has 146 valence electrons. The molecule has 3 aliphatic rings. The average molecular weight is 364 g/mol. The molecule has 0 N–H and O–H groups in total. The summed E-state index contributed by atoms with van der Waals surface area (Å²) in [6.07, 6.45) is 5.38. The molecular weight excluding hydrogens is 332 g/mol. The van der Waals surface area contributed by atoms with Crippen molar-refractivity contribution in [3.8, 4) is 0 Å². The van der Waals surface area contributed by atoms with Crippen molar-refractivity contribution >= 4 is 11.9 Å². The minimum Gasteiger partial charge on any atom is -0.459 e. The number of hydrogen-bond acceptors (Lipinski definition) is 5. The summed E-state index contributed by atoms with van der Waals surface area (Å²) in [6.45, 7) is 9.87. The average Bonchev–Trinajstić information content (AvgIpc) is 3.25. The van der Waals surface area contributed by atoms with Crippen molar-refractivity contribution < 1.29 is 23.8 Å². The second kappa shape index (κ2) is 8.12. The second-order valence-electron chi connectivity index (χ2n) is 8.34. The van der Waals surface area contributed by atoms with Gasteiger partial charge in [-0.15, -0.1) is 0 Å². The predicted molar refractivity (Wildman–Crippen MR) is 97.0 cm³/mol. The van der Waals surface area contributed by atoms with E-state index in [1.165, 1.54) is 0 Å². The number of ether oxygens (including phenoxy) is 3. The summed E-state index contributed by atoms with van der Waals surface area (Å²) in [7, 11) is 0. The topological polar surface area (TPSA) is 61.8 Å². The zero-order chi connectivity index (χ0) is 18.8. The Kier molecular flexibility index (Phi) is 6.06. The molecule has 3 aliphatic carbocycles. The van der Waals surface area contributed by atoms with Gasteiger partial charge < -0.3 is 14.2 Å². The third-order valence-corrected chi connectivity index (χ3v) is 6.48. The van der Waals surface area contributed by atoms with Gasteiger partial charge in [-0.25, -0.2) is 4.79 Å². The maximum atomic E-state index is 12.5. The molecule has 7 unspecified atom stereocenters. The van der Waals surface area contributed by atoms with E-state index < -0.39 is 6.29 Å². The van der Waals surface area contributed by atoms with Crippen LogP contribution in [0.5, 0.6) is 0 Å². The van der Waals surface area contributed by atoms with Gasteiger partial charge in [-0.05, 0) is 69.6 Å². The number of hydrogen-bond donors (Lipinski definition) is 0. The standard InChI is InChI=1S/C21H32O5/c1-5-6-7-24-13(4)25-21(23)15-9-16-14-8-18(17(16)10-15)19(11-14)26-20(22)12(2)3/h13-19H,2,5-11H2,1,3-4H3. The lowest BCUT2D eigenvalue weighted by Gasteiger charge is -2.31. The van der Waals surface area contributed by atoms with E-state index in [1.807, 2.05) is 0 Å². The van der Waals surface area contributed by atoms with Crippen molar-refractivity contribution in [2.45, 2.75) is 71.7 Å². The molecule has 0 aromatic carbocycles. The van der Waals surface area contributed by atoms with Crippen LogP contribution in [0.25, 0.3) is 0 Å². The van der Waals surface area contributed by atoms with Crippen molar-refractivity contribution in [2.75, 3.05) is 6.61 Å². The van der Waals surface area contributed by atoms with Crippen LogP contribution in [0, 0.1) is 29.6 Å². The summed E-state index contributed by atoms with van der Waals surface area (Å²) in [5.74, 6) is 1.57. The van der Waals surface area contributed by atoms with Gasteiger partial charge in [0.1, 0.15) is 6.10 Å². The van der Waals surface area contributed by atoms with Gasteiger partial charge in [0.2, 0.25) is 0 Å². The quantitative estimate of drug-likeness (QED) is 0.283. The van der Waals surface area contributed by atoms with Crippen LogP contribution in [0.4, 0.5) is 0 Å². The molecule has 2 bridgehead atoms. The Morgan fingerprint density at radius 2 is 1.85 bits per heavy atom. The van der Waals surface area contributed by atoms with E-state index in [0.717, 1.165) is 38.5 Å². The molecule has 7 atom stereocenters. The van der Waals surface area contributed by atoms with Gasteiger partial charge in [-0.3, -0.25) is 4.79 Å². The summed E-state index contributed by atoms with van der Waals surface area (Å²) >= 11 is 0. The third-order valence-electron chi connectivity index (χ3n) is 6.48. The molecule has 0 radical (unpaired) electrons. The van der Waals surface area contributed by atoms with Crippen LogP contribution in [-0.4, -0.2) is 30.9 Å². The first-order valence-electron chi connectivity index (χ1n) is 10.1. The molecule has 0 saturated heterocycles. The number of carbonyl (C=O) groups excluding carboxylic acids is 2. The smallest absolute Gasteiger partial charge is 0.333 e. The fourth-order valence-corrected chi connectivity index (χ4v) is 5.26. The molecule has 0 aliphatic heterocycles. The van der Waals surface area contributed by atoms with Crippen LogP contribution in [0.1, 0.15) is 59.3 Å². The Morgan fingerprint density at radius 3 is 2.54 bits per heavy atom. The monoisotopic (exact) mass is 364 g/mol. The first kappa shape index (κ1) is 19.4. The van der Waals surface area contributed by atoms with Crippen LogP contribution in [0.3, 0.4) is 0 Å². The number of esters is 2. The third kappa shape index (κ3) is 3.98. The molecule has 0 spiro atoms. The normalized spacial score (nSPS) is 35.8. The number of rotatable bonds is 8. The Balaban J connectivity index is 1.50. The van der Waals surface area contributed by atoms with Crippen molar-refractivity contribution in [3.63, 3.8) is 0 Å². The van der Waals surface area contributed by atoms with Crippen LogP contribution in [-0.2, 0) is 23.8 Å². The lowest BCUT2D eigenvalue weighted by atomic mass is 9.80. The maximum absolute atomic E-state index is 12.5. The molecule has 5 nitrogen and oxygen atoms in total. The van der Waals surface area contributed by atoms with Crippen molar-refractivity contribution in [1.29, 1.82) is 0 Å². The first-order chi connectivity index (χ1) is 12.4. The van der Waals surface area contributed by atoms with E-state index >= 15 is 0 Å². The van der Waals surface area contributed by atoms with Crippen LogP contribution < -0.4 is 0 Å². The van der Waals surface area contributed by atoms with Crippen LogP contribution in [0.2, 0.25) is 0 Å². The summed E-state index contributed by atoms with van der Waals surface area (Å²) in [5, 5.41) is 0. The molecule has 0 amide bonds. The maximum Gasteiger partial charge on any atom is 0.333 e. The number of carbonyl (C=O) groups is 2. The summed E-state index contributed by atoms with van der Waals surface area (Å²) in [5.41, 5.74) is 0.453. The largest absolute Gasteiger partial charge is 0.459 e. The van der Waals surface area contributed by atoms with E-state index in [9.17, 15) is 9.59 Å². The SMILES string of the molecule is C=C(C)C(=O)OC1CC2CC1C1CC(C(=O)OC(C)OCCCC)CC21. The van der Waals surface area contributed by atoms with Gasteiger partial charge in [0.25, 0.3) is 0 Å². The van der Waals surface area contributed by atoms with Crippen molar-refractivity contribution in [3.05, 3.63) is 12.2 Å². The van der Waals surface area contributed by atoms with Gasteiger partial charge in [0.05, 0.1) is 12.5 Å². The summed E-state index contributed by atoms with van der Waals surface area (Å²) < 4.78 is 16.7. The highest BCUT2D eigenvalue weighted by Gasteiger charge is 2.58. The van der Waals surface area contributed by atoms with E-state index in [0.29, 0.717) is 35.9 Å². The lowest BCUT2D eigenvalue weighted by Crippen LogP contribution is -2.32. The molecule has 5 heteroatoms. The predicted octanol–water partition coefficient (Wildman–Crippen LogP) is 3.86. The zero-order valence-electron chi connectivity index (χ0n) is 16.2. The van der Waals surface area contributed by atoms with Crippen LogP contribution >= 0.6 is 0 Å². The molecule has 3 saturated carbocycles. The van der Waals surface area contributed by atoms with E-state index in [-0.39, 0.29) is 24.0 Å². The molecule has 0 heterocycles. The highest BCUT2D eigenvalue weighted by Crippen LogP contribution is 2.61. The van der Waals surface area contributed by atoms with Crippen molar-refractivity contribution in [2.24, 2.45) is 29.6 Å². The highest BCUT2D eigenvalue weighted by molar-refractivity contribution is 5.87. The van der Waals surface area contributed by atoms with Gasteiger partial charge in [0.15, 0.2) is 6.29 Å². The lowest BCUT2D eigenvalue weighted by molar-refractivity contribution is -0.179. The fourth-order valence-electron chi connectivity index (χ4n) is 5.26. The molecule has 3 fully saturated rings. The minimum atomic E-state index is -0.476. The first-order valence-corrected chi connectivity index (χ1v) is 10.1. The van der Waals surface area contributed by atoms with Gasteiger partial charge in [0, 0.05) is 5.57 Å². The Bertz CT molecular complexity index is 557. The zero-order valence-corrected chi connectivity index (χ0v) is 16.2. The minimum absolute atomic E-state index is 0.00322. The molecule has 0 aromatic rings. The Labute approximate surface area is 156 Å².